The van der Waals surface area contributed by atoms with Crippen LogP contribution >= 0.6 is 0 Å². The van der Waals surface area contributed by atoms with Crippen molar-refractivity contribution in [3.63, 3.8) is 0 Å². The minimum Gasteiger partial charge on any atom is -0.323 e. The van der Waals surface area contributed by atoms with Gasteiger partial charge < -0.3 is 11.1 Å². The Kier molecular flexibility index (Phi) is 4.81. The van der Waals surface area contributed by atoms with Crippen LogP contribution in [-0.4, -0.2) is 11.9 Å². The zero-order valence-electron chi connectivity index (χ0n) is 10.4. The van der Waals surface area contributed by atoms with Crippen LogP contribution in [0.15, 0.2) is 18.2 Å². The summed E-state index contributed by atoms with van der Waals surface area (Å²) < 4.78 is 13.3. The third-order valence-corrected chi connectivity index (χ3v) is 2.94. The number of anilines is 1. The molecule has 1 aromatic carbocycles. The Bertz CT molecular complexity index is 482. The topological polar surface area (TPSA) is 78.9 Å². The molecule has 1 aromatic rings. The number of halogens is 1. The summed E-state index contributed by atoms with van der Waals surface area (Å²) in [5.41, 5.74) is 5.74. The highest BCUT2D eigenvalue weighted by Crippen LogP contribution is 2.18. The van der Waals surface area contributed by atoms with Gasteiger partial charge in [-0.3, -0.25) is 4.79 Å². The predicted octanol–water partition coefficient (Wildman–Crippen LogP) is 2.01. The molecule has 0 aliphatic carbocycles. The molecule has 0 radical (unpaired) electrons. The van der Waals surface area contributed by atoms with E-state index in [-0.39, 0.29) is 17.2 Å². The van der Waals surface area contributed by atoms with Gasteiger partial charge in [0.15, 0.2) is 0 Å². The molecule has 4 nitrogen and oxygen atoms in total. The number of hydrogen-bond acceptors (Lipinski definition) is 3. The van der Waals surface area contributed by atoms with E-state index < -0.39 is 17.8 Å². The predicted molar refractivity (Wildman–Crippen MR) is 67.2 cm³/mol. The van der Waals surface area contributed by atoms with Crippen LogP contribution in [0.1, 0.15) is 25.8 Å². The Balaban J connectivity index is 2.89. The number of nitrogens with one attached hydrogen (secondary N) is 1. The van der Waals surface area contributed by atoms with Crippen molar-refractivity contribution in [2.45, 2.75) is 26.3 Å². The standard InChI is InChI=1S/C13H16FN3O/c1-3-8(2)12(16)13(18)17-11-6-4-5-10(14)9(11)7-15/h4-6,8,12H,3,16H2,1-2H3,(H,17,18)/t8-,12-/m0/s1. The molecular formula is C13H16FN3O. The number of carbonyl (C=O) groups is 1. The number of nitriles is 1. The van der Waals surface area contributed by atoms with Gasteiger partial charge in [-0.15, -0.1) is 0 Å². The van der Waals surface area contributed by atoms with Crippen LogP contribution in [0.5, 0.6) is 0 Å². The lowest BCUT2D eigenvalue weighted by Crippen LogP contribution is -2.40. The van der Waals surface area contributed by atoms with Gasteiger partial charge in [0, 0.05) is 0 Å². The van der Waals surface area contributed by atoms with Crippen molar-refractivity contribution in [2.24, 2.45) is 11.7 Å². The van der Waals surface area contributed by atoms with Crippen molar-refractivity contribution >= 4 is 11.6 Å². The van der Waals surface area contributed by atoms with Crippen molar-refractivity contribution < 1.29 is 9.18 Å². The lowest BCUT2D eigenvalue weighted by Gasteiger charge is -2.18. The molecule has 1 rings (SSSR count). The number of benzene rings is 1. The van der Waals surface area contributed by atoms with Crippen LogP contribution in [0.25, 0.3) is 0 Å². The van der Waals surface area contributed by atoms with E-state index in [9.17, 15) is 9.18 Å². The summed E-state index contributed by atoms with van der Waals surface area (Å²) in [4.78, 5) is 11.8. The molecule has 96 valence electrons. The number of rotatable bonds is 4. The highest BCUT2D eigenvalue weighted by molar-refractivity contribution is 5.96. The quantitative estimate of drug-likeness (QED) is 0.856. The molecule has 18 heavy (non-hydrogen) atoms. The van der Waals surface area contributed by atoms with Gasteiger partial charge in [-0.25, -0.2) is 4.39 Å². The Morgan fingerprint density at radius 2 is 2.28 bits per heavy atom. The average Bonchev–Trinajstić information content (AvgIpc) is 2.37. The van der Waals surface area contributed by atoms with E-state index in [0.717, 1.165) is 6.42 Å². The van der Waals surface area contributed by atoms with Crippen LogP contribution in [-0.2, 0) is 4.79 Å². The maximum absolute atomic E-state index is 13.3. The van der Waals surface area contributed by atoms with E-state index in [0.29, 0.717) is 0 Å². The fourth-order valence-corrected chi connectivity index (χ4v) is 1.47. The van der Waals surface area contributed by atoms with Gasteiger partial charge in [-0.1, -0.05) is 26.3 Å². The van der Waals surface area contributed by atoms with Gasteiger partial charge in [0.25, 0.3) is 0 Å². The van der Waals surface area contributed by atoms with Gasteiger partial charge in [-0.05, 0) is 18.1 Å². The largest absolute Gasteiger partial charge is 0.323 e. The molecule has 5 heteroatoms. The third-order valence-electron chi connectivity index (χ3n) is 2.94. The highest BCUT2D eigenvalue weighted by atomic mass is 19.1. The summed E-state index contributed by atoms with van der Waals surface area (Å²) >= 11 is 0. The van der Waals surface area contributed by atoms with E-state index >= 15 is 0 Å². The van der Waals surface area contributed by atoms with E-state index in [2.05, 4.69) is 5.32 Å². The van der Waals surface area contributed by atoms with E-state index in [1.165, 1.54) is 18.2 Å². The number of carbonyl (C=O) groups excluding carboxylic acids is 1. The van der Waals surface area contributed by atoms with Crippen molar-refractivity contribution in [2.75, 3.05) is 5.32 Å². The van der Waals surface area contributed by atoms with Gasteiger partial charge in [0.05, 0.1) is 11.7 Å². The zero-order chi connectivity index (χ0) is 13.7. The Morgan fingerprint density at radius 1 is 1.61 bits per heavy atom. The van der Waals surface area contributed by atoms with Crippen molar-refractivity contribution in [1.29, 1.82) is 5.26 Å². The number of nitrogens with zero attached hydrogens (tertiary/aromatic N) is 1. The maximum Gasteiger partial charge on any atom is 0.241 e. The van der Waals surface area contributed by atoms with E-state index in [1.807, 2.05) is 13.8 Å². The molecule has 0 aromatic heterocycles. The molecular weight excluding hydrogens is 233 g/mol. The minimum absolute atomic E-state index is 0.0177. The second-order valence-corrected chi connectivity index (χ2v) is 4.17. The summed E-state index contributed by atoms with van der Waals surface area (Å²) in [6, 6.07) is 5.12. The molecule has 0 heterocycles. The summed E-state index contributed by atoms with van der Waals surface area (Å²) in [7, 11) is 0. The van der Waals surface area contributed by atoms with Gasteiger partial charge >= 0.3 is 0 Å². The van der Waals surface area contributed by atoms with Crippen LogP contribution < -0.4 is 11.1 Å². The van der Waals surface area contributed by atoms with Gasteiger partial charge in [-0.2, -0.15) is 5.26 Å². The summed E-state index contributed by atoms with van der Waals surface area (Å²) in [5, 5.41) is 11.3. The molecule has 2 atom stereocenters. The monoisotopic (exact) mass is 249 g/mol. The van der Waals surface area contributed by atoms with Gasteiger partial charge in [0.1, 0.15) is 17.4 Å². The van der Waals surface area contributed by atoms with Crippen LogP contribution in [0.4, 0.5) is 10.1 Å². The molecule has 0 aliphatic heterocycles. The van der Waals surface area contributed by atoms with Crippen molar-refractivity contribution in [1.82, 2.24) is 0 Å². The highest BCUT2D eigenvalue weighted by Gasteiger charge is 2.20. The van der Waals surface area contributed by atoms with E-state index in [4.69, 9.17) is 11.0 Å². The van der Waals surface area contributed by atoms with Crippen molar-refractivity contribution in [3.8, 4) is 6.07 Å². The van der Waals surface area contributed by atoms with Crippen molar-refractivity contribution in [3.05, 3.63) is 29.6 Å². The Hall–Kier alpha value is -1.93. The Morgan fingerprint density at radius 3 is 2.83 bits per heavy atom. The normalized spacial score (nSPS) is 13.5. The third kappa shape index (κ3) is 3.05. The molecule has 1 amide bonds. The maximum atomic E-state index is 13.3. The fourth-order valence-electron chi connectivity index (χ4n) is 1.47. The number of hydrogen-bond donors (Lipinski definition) is 2. The molecule has 0 aliphatic rings. The molecule has 0 fully saturated rings. The fraction of sp³-hybridized carbons (Fsp3) is 0.385. The Labute approximate surface area is 106 Å². The second kappa shape index (κ2) is 6.12. The zero-order valence-corrected chi connectivity index (χ0v) is 10.4. The lowest BCUT2D eigenvalue weighted by atomic mass is 9.99. The summed E-state index contributed by atoms with van der Waals surface area (Å²) in [5.74, 6) is -1.05. The first-order valence-electron chi connectivity index (χ1n) is 5.76. The minimum atomic E-state index is -0.676. The first-order valence-corrected chi connectivity index (χ1v) is 5.76. The first kappa shape index (κ1) is 14.1. The SMILES string of the molecule is CC[C@H](C)[C@H](N)C(=O)Nc1cccc(F)c1C#N. The molecule has 3 N–H and O–H groups in total. The first-order chi connectivity index (χ1) is 8.51. The van der Waals surface area contributed by atoms with Crippen LogP contribution in [0.3, 0.4) is 0 Å². The summed E-state index contributed by atoms with van der Waals surface area (Å²) in [6.07, 6.45) is 0.767. The van der Waals surface area contributed by atoms with Gasteiger partial charge in [0.2, 0.25) is 5.91 Å². The molecule has 0 saturated carbocycles. The molecule has 0 saturated heterocycles. The average molecular weight is 249 g/mol. The molecule has 0 bridgehead atoms. The molecule has 0 unspecified atom stereocenters. The summed E-state index contributed by atoms with van der Waals surface area (Å²) in [6.45, 7) is 3.79. The second-order valence-electron chi connectivity index (χ2n) is 4.17. The number of amides is 1. The van der Waals surface area contributed by atoms with Crippen LogP contribution in [0.2, 0.25) is 0 Å². The lowest BCUT2D eigenvalue weighted by molar-refractivity contribution is -0.118. The van der Waals surface area contributed by atoms with Crippen LogP contribution in [0, 0.1) is 23.1 Å². The molecule has 0 spiro atoms. The van der Waals surface area contributed by atoms with E-state index in [1.54, 1.807) is 6.07 Å². The smallest absolute Gasteiger partial charge is 0.241 e. The number of nitrogens with two attached hydrogens (primary N) is 1.